The van der Waals surface area contributed by atoms with Crippen molar-refractivity contribution in [3.05, 3.63) is 53.1 Å². The van der Waals surface area contributed by atoms with E-state index in [2.05, 4.69) is 48.2 Å². The first-order chi connectivity index (χ1) is 12.1. The first kappa shape index (κ1) is 17.6. The number of nitrogens with zero attached hydrogens (tertiary/aromatic N) is 2. The molecule has 0 radical (unpaired) electrons. The van der Waals surface area contributed by atoms with Gasteiger partial charge in [0.15, 0.2) is 11.5 Å². The van der Waals surface area contributed by atoms with E-state index in [4.69, 9.17) is 15.2 Å². The molecular weight excluding hydrogens is 314 g/mol. The quantitative estimate of drug-likeness (QED) is 0.875. The van der Waals surface area contributed by atoms with Crippen molar-refractivity contribution >= 4 is 5.69 Å². The van der Waals surface area contributed by atoms with E-state index in [0.717, 1.165) is 24.6 Å². The van der Waals surface area contributed by atoms with E-state index in [0.29, 0.717) is 6.54 Å². The highest BCUT2D eigenvalue weighted by Crippen LogP contribution is 2.39. The van der Waals surface area contributed by atoms with E-state index in [9.17, 15) is 0 Å². The molecule has 0 saturated carbocycles. The number of rotatable bonds is 6. The maximum absolute atomic E-state index is 6.12. The molecule has 5 heteroatoms. The van der Waals surface area contributed by atoms with Crippen LogP contribution in [0.3, 0.4) is 0 Å². The third-order valence-corrected chi connectivity index (χ3v) is 4.89. The van der Waals surface area contributed by atoms with E-state index in [1.54, 1.807) is 14.2 Å². The predicted molar refractivity (Wildman–Crippen MR) is 101 cm³/mol. The molecule has 0 spiro atoms. The van der Waals surface area contributed by atoms with Crippen LogP contribution in [0.25, 0.3) is 0 Å². The van der Waals surface area contributed by atoms with Crippen molar-refractivity contribution in [2.45, 2.75) is 19.1 Å². The minimum atomic E-state index is 0.239. The van der Waals surface area contributed by atoms with Crippen LogP contribution in [0, 0.1) is 0 Å². The smallest absolute Gasteiger partial charge is 0.161 e. The molecule has 1 aliphatic heterocycles. The van der Waals surface area contributed by atoms with Gasteiger partial charge in [-0.05, 0) is 34.9 Å². The topological polar surface area (TPSA) is 51.0 Å². The van der Waals surface area contributed by atoms with E-state index >= 15 is 0 Å². The van der Waals surface area contributed by atoms with Gasteiger partial charge in [0.05, 0.1) is 14.2 Å². The molecule has 0 bridgehead atoms. The lowest BCUT2D eigenvalue weighted by atomic mass is 10.0. The van der Waals surface area contributed by atoms with Crippen LogP contribution < -0.4 is 20.1 Å². The van der Waals surface area contributed by atoms with Gasteiger partial charge in [-0.2, -0.15) is 0 Å². The average Bonchev–Trinajstić information content (AvgIpc) is 2.98. The molecule has 1 unspecified atom stereocenters. The minimum absolute atomic E-state index is 0.239. The molecule has 2 aromatic carbocycles. The largest absolute Gasteiger partial charge is 0.493 e. The molecule has 0 amide bonds. The lowest BCUT2D eigenvalue weighted by Crippen LogP contribution is -2.27. The Bertz CT molecular complexity index is 746. The van der Waals surface area contributed by atoms with Gasteiger partial charge in [0.2, 0.25) is 0 Å². The Hall–Kier alpha value is -2.24. The summed E-state index contributed by atoms with van der Waals surface area (Å²) in [5.74, 6) is 1.51. The fourth-order valence-corrected chi connectivity index (χ4v) is 3.66. The van der Waals surface area contributed by atoms with Crippen molar-refractivity contribution in [1.29, 1.82) is 0 Å². The summed E-state index contributed by atoms with van der Waals surface area (Å²) in [4.78, 5) is 4.60. The number of nitrogens with two attached hydrogens (primary N) is 1. The maximum Gasteiger partial charge on any atom is 0.161 e. The Balaban J connectivity index is 1.88. The van der Waals surface area contributed by atoms with Gasteiger partial charge in [0.25, 0.3) is 0 Å². The van der Waals surface area contributed by atoms with Gasteiger partial charge in [-0.3, -0.25) is 4.90 Å². The van der Waals surface area contributed by atoms with Gasteiger partial charge in [0.1, 0.15) is 0 Å². The monoisotopic (exact) mass is 341 g/mol. The summed E-state index contributed by atoms with van der Waals surface area (Å²) in [5.41, 5.74) is 11.3. The van der Waals surface area contributed by atoms with Gasteiger partial charge in [-0.1, -0.05) is 18.2 Å². The zero-order valence-electron chi connectivity index (χ0n) is 15.5. The lowest BCUT2D eigenvalue weighted by Gasteiger charge is -2.24. The van der Waals surface area contributed by atoms with Crippen LogP contribution in [0.1, 0.15) is 22.7 Å². The van der Waals surface area contributed by atoms with E-state index < -0.39 is 0 Å². The molecule has 2 aromatic rings. The Kier molecular flexibility index (Phi) is 5.16. The Morgan fingerprint density at radius 1 is 1.12 bits per heavy atom. The summed E-state index contributed by atoms with van der Waals surface area (Å²) in [7, 11) is 7.50. The maximum atomic E-state index is 6.12. The van der Waals surface area contributed by atoms with Crippen molar-refractivity contribution in [1.82, 2.24) is 4.90 Å². The summed E-state index contributed by atoms with van der Waals surface area (Å²) in [6.07, 6.45) is 0. The molecule has 0 saturated heterocycles. The third kappa shape index (κ3) is 3.30. The summed E-state index contributed by atoms with van der Waals surface area (Å²) < 4.78 is 10.8. The van der Waals surface area contributed by atoms with Crippen LogP contribution in [0.5, 0.6) is 11.5 Å². The first-order valence-electron chi connectivity index (χ1n) is 8.53. The van der Waals surface area contributed by atoms with E-state index in [1.807, 2.05) is 12.1 Å². The van der Waals surface area contributed by atoms with Gasteiger partial charge >= 0.3 is 0 Å². The van der Waals surface area contributed by atoms with Crippen LogP contribution >= 0.6 is 0 Å². The predicted octanol–water partition coefficient (Wildman–Crippen LogP) is 2.79. The molecule has 2 N–H and O–H groups in total. The summed E-state index contributed by atoms with van der Waals surface area (Å²) in [6.45, 7) is 2.33. The van der Waals surface area contributed by atoms with Crippen molar-refractivity contribution < 1.29 is 9.47 Å². The molecule has 1 aliphatic rings. The first-order valence-corrected chi connectivity index (χ1v) is 8.53. The van der Waals surface area contributed by atoms with Gasteiger partial charge < -0.3 is 20.1 Å². The summed E-state index contributed by atoms with van der Waals surface area (Å²) in [5, 5.41) is 0. The number of methoxy groups -OCH3 is 2. The summed E-state index contributed by atoms with van der Waals surface area (Å²) >= 11 is 0. The fourth-order valence-electron chi connectivity index (χ4n) is 3.66. The van der Waals surface area contributed by atoms with Crippen LogP contribution in [-0.4, -0.2) is 39.8 Å². The van der Waals surface area contributed by atoms with E-state index in [1.165, 1.54) is 22.4 Å². The normalized spacial score (nSPS) is 16.6. The molecule has 1 atom stereocenters. The van der Waals surface area contributed by atoms with Crippen LogP contribution in [0.4, 0.5) is 5.69 Å². The molecular formula is C20H27N3O2. The van der Waals surface area contributed by atoms with E-state index in [-0.39, 0.29) is 6.04 Å². The van der Waals surface area contributed by atoms with Crippen LogP contribution in [0.2, 0.25) is 0 Å². The van der Waals surface area contributed by atoms with Crippen molar-refractivity contribution in [2.24, 2.45) is 5.73 Å². The number of hydrogen-bond donors (Lipinski definition) is 1. The lowest BCUT2D eigenvalue weighted by molar-refractivity contribution is 0.210. The number of fused-ring (bicyclic) bond motifs is 1. The average molecular weight is 341 g/mol. The fraction of sp³-hybridized carbons (Fsp3) is 0.400. The second-order valence-corrected chi connectivity index (χ2v) is 6.59. The van der Waals surface area contributed by atoms with Gasteiger partial charge in [-0.15, -0.1) is 0 Å². The molecule has 3 rings (SSSR count). The highest BCUT2D eigenvalue weighted by molar-refractivity contribution is 5.58. The van der Waals surface area contributed by atoms with Crippen molar-refractivity contribution in [2.75, 3.05) is 39.8 Å². The number of benzene rings is 2. The highest BCUT2D eigenvalue weighted by atomic mass is 16.5. The number of hydrogen-bond acceptors (Lipinski definition) is 5. The second-order valence-electron chi connectivity index (χ2n) is 6.59. The molecule has 0 fully saturated rings. The Morgan fingerprint density at radius 3 is 2.52 bits per heavy atom. The molecule has 0 aliphatic carbocycles. The number of ether oxygens (including phenoxy) is 2. The zero-order chi connectivity index (χ0) is 18.0. The number of anilines is 1. The molecule has 25 heavy (non-hydrogen) atoms. The standard InChI is InChI=1S/C20H27N3O2/c1-22(2)17-7-5-6-15-16(17)13-23(18(15)11-21)12-14-8-9-19(24-3)20(10-14)25-4/h5-10,18H,11-13,21H2,1-4H3. The summed E-state index contributed by atoms with van der Waals surface area (Å²) in [6, 6.07) is 12.8. The molecule has 5 nitrogen and oxygen atoms in total. The highest BCUT2D eigenvalue weighted by Gasteiger charge is 2.31. The second kappa shape index (κ2) is 7.33. The Labute approximate surface area is 149 Å². The molecule has 0 aromatic heterocycles. The van der Waals surface area contributed by atoms with Crippen molar-refractivity contribution in [3.63, 3.8) is 0 Å². The third-order valence-electron chi connectivity index (χ3n) is 4.89. The zero-order valence-corrected chi connectivity index (χ0v) is 15.5. The SMILES string of the molecule is COc1ccc(CN2Cc3c(cccc3N(C)C)C2CN)cc1OC. The molecule has 1 heterocycles. The minimum Gasteiger partial charge on any atom is -0.493 e. The van der Waals surface area contributed by atoms with Gasteiger partial charge in [0, 0.05) is 45.5 Å². The van der Waals surface area contributed by atoms with Crippen LogP contribution in [-0.2, 0) is 13.1 Å². The van der Waals surface area contributed by atoms with Crippen LogP contribution in [0.15, 0.2) is 36.4 Å². The Morgan fingerprint density at radius 2 is 1.88 bits per heavy atom. The van der Waals surface area contributed by atoms with Crippen molar-refractivity contribution in [3.8, 4) is 11.5 Å². The molecule has 134 valence electrons. The van der Waals surface area contributed by atoms with Gasteiger partial charge in [-0.25, -0.2) is 0 Å².